The van der Waals surface area contributed by atoms with Gasteiger partial charge in [0.15, 0.2) is 6.29 Å². The highest BCUT2D eigenvalue weighted by Gasteiger charge is 2.59. The van der Waals surface area contributed by atoms with Gasteiger partial charge in [0.1, 0.15) is 42.7 Å². The second-order valence-corrected chi connectivity index (χ2v) is 20.9. The Hall–Kier alpha value is -2.82. The van der Waals surface area contributed by atoms with Crippen molar-refractivity contribution in [3.8, 4) is 0 Å². The van der Waals surface area contributed by atoms with Crippen LogP contribution in [-0.2, 0) is 38.1 Å². The number of nitrogens with one attached hydrogen (secondary N) is 3. The van der Waals surface area contributed by atoms with Gasteiger partial charge in [0, 0.05) is 26.7 Å². The largest absolute Gasteiger partial charge is 0.477 e. The summed E-state index contributed by atoms with van der Waals surface area (Å²) < 4.78 is 23.9. The molecule has 13 atom stereocenters. The second kappa shape index (κ2) is 39.5. The number of aliphatic carboxylic acids is 1. The fraction of sp³-hybridized carbons (Fsp3) is 0.891. The summed E-state index contributed by atoms with van der Waals surface area (Å²) in [6.45, 7) is 4.35. The summed E-state index contributed by atoms with van der Waals surface area (Å²) >= 11 is 0. The molecule has 2 aliphatic rings. The summed E-state index contributed by atoms with van der Waals surface area (Å²) in [5.74, 6) is -6.59. The maximum atomic E-state index is 13.5. The summed E-state index contributed by atoms with van der Waals surface area (Å²) in [5, 5.41) is 94.0. The van der Waals surface area contributed by atoms with Crippen molar-refractivity contribution in [2.45, 2.75) is 293 Å². The Morgan fingerprint density at radius 3 is 1.62 bits per heavy atom. The zero-order valence-corrected chi connectivity index (χ0v) is 45.6. The van der Waals surface area contributed by atoms with Crippen molar-refractivity contribution < 1.29 is 79.0 Å². The average molecular weight is 1060 g/mol. The number of carbonyl (C=O) groups is 4. The molecule has 2 heterocycles. The summed E-state index contributed by atoms with van der Waals surface area (Å²) in [6, 6.07) is -4.15. The zero-order valence-electron chi connectivity index (χ0n) is 45.6. The lowest BCUT2D eigenvalue weighted by molar-refractivity contribution is -0.355. The highest BCUT2D eigenvalue weighted by Crippen LogP contribution is 2.38. The van der Waals surface area contributed by atoms with Crippen LogP contribution in [0.1, 0.15) is 214 Å². The molecule has 2 aliphatic heterocycles. The fourth-order valence-electron chi connectivity index (χ4n) is 9.86. The molecule has 3 amide bonds. The topological polar surface area (TPSA) is 303 Å². The van der Waals surface area contributed by atoms with Crippen LogP contribution >= 0.6 is 0 Å². The normalized spacial score (nSPS) is 25.8. The molecule has 11 N–H and O–H groups in total. The minimum absolute atomic E-state index is 0.198. The van der Waals surface area contributed by atoms with Crippen molar-refractivity contribution in [3.05, 3.63) is 12.2 Å². The van der Waals surface area contributed by atoms with E-state index in [0.717, 1.165) is 58.8 Å². The molecule has 0 bridgehead atoms. The van der Waals surface area contributed by atoms with Crippen molar-refractivity contribution in [1.82, 2.24) is 16.0 Å². The third-order valence-corrected chi connectivity index (χ3v) is 14.3. The molecule has 432 valence electrons. The van der Waals surface area contributed by atoms with Gasteiger partial charge in [-0.05, 0) is 19.3 Å². The Morgan fingerprint density at radius 2 is 1.16 bits per heavy atom. The molecule has 19 nitrogen and oxygen atoms in total. The van der Waals surface area contributed by atoms with Gasteiger partial charge in [0.25, 0.3) is 5.79 Å². The van der Waals surface area contributed by atoms with Crippen LogP contribution in [0.4, 0.5) is 0 Å². The Morgan fingerprint density at radius 1 is 0.689 bits per heavy atom. The first kappa shape index (κ1) is 67.3. The summed E-state index contributed by atoms with van der Waals surface area (Å²) in [4.78, 5) is 51.5. The van der Waals surface area contributed by atoms with Gasteiger partial charge in [0.05, 0.1) is 44.1 Å². The highest BCUT2D eigenvalue weighted by atomic mass is 16.7. The number of hydrogen-bond acceptors (Lipinski definition) is 15. The van der Waals surface area contributed by atoms with Crippen LogP contribution in [0.2, 0.25) is 0 Å². The van der Waals surface area contributed by atoms with Crippen LogP contribution in [-0.4, -0.2) is 163 Å². The number of carboxylic acid groups (broad SMARTS) is 1. The Labute approximate surface area is 442 Å². The van der Waals surface area contributed by atoms with E-state index in [4.69, 9.17) is 18.9 Å². The van der Waals surface area contributed by atoms with Crippen molar-refractivity contribution >= 4 is 23.7 Å². The van der Waals surface area contributed by atoms with Crippen LogP contribution in [0.25, 0.3) is 0 Å². The predicted octanol–water partition coefficient (Wildman–Crippen LogP) is 5.49. The number of aliphatic hydroxyl groups excluding tert-OH is 7. The van der Waals surface area contributed by atoms with Gasteiger partial charge in [-0.1, -0.05) is 180 Å². The van der Waals surface area contributed by atoms with E-state index in [1.807, 2.05) is 6.08 Å². The van der Waals surface area contributed by atoms with Crippen molar-refractivity contribution in [1.29, 1.82) is 0 Å². The molecule has 0 aliphatic carbocycles. The van der Waals surface area contributed by atoms with Gasteiger partial charge in [-0.2, -0.15) is 0 Å². The molecule has 0 aromatic rings. The zero-order chi connectivity index (χ0) is 54.7. The maximum absolute atomic E-state index is 13.5. The molecule has 0 aromatic carbocycles. The SMILES string of the molecule is CCCCCCCCCCCCC/C=C/[C@@H](O)[C@H](CO[C@H]1O[C@H](CO)[C@H](O)[C@H](O[C@]2(C(=O)O)C[C@H](O)[C@@H](NC(C)=O)[C@H]([C@H](O)[C@H](O)CO)O2)[C@H]1NC(C)=O)NC(=O)CCCCCCCCCCCCCCCCC. The Bertz CT molecular complexity index is 1540. The van der Waals surface area contributed by atoms with E-state index < -0.39 is 123 Å². The monoisotopic (exact) mass is 1060 g/mol. The van der Waals surface area contributed by atoms with Crippen LogP contribution in [0.15, 0.2) is 12.2 Å². The molecule has 74 heavy (non-hydrogen) atoms. The van der Waals surface area contributed by atoms with Crippen molar-refractivity contribution in [2.24, 2.45) is 0 Å². The molecule has 2 rings (SSSR count). The lowest BCUT2D eigenvalue weighted by Gasteiger charge is -2.50. The summed E-state index contributed by atoms with van der Waals surface area (Å²) in [5.41, 5.74) is 0. The number of unbranched alkanes of at least 4 members (excludes halogenated alkanes) is 25. The molecule has 0 radical (unpaired) electrons. The minimum Gasteiger partial charge on any atom is -0.477 e. The van der Waals surface area contributed by atoms with E-state index >= 15 is 0 Å². The fourth-order valence-corrected chi connectivity index (χ4v) is 9.86. The van der Waals surface area contributed by atoms with Crippen LogP contribution in [0.3, 0.4) is 0 Å². The van der Waals surface area contributed by atoms with E-state index in [0.29, 0.717) is 12.8 Å². The first-order valence-electron chi connectivity index (χ1n) is 28.5. The molecule has 0 saturated carbocycles. The molecule has 0 unspecified atom stereocenters. The highest BCUT2D eigenvalue weighted by molar-refractivity contribution is 5.77. The van der Waals surface area contributed by atoms with Crippen LogP contribution in [0.5, 0.6) is 0 Å². The van der Waals surface area contributed by atoms with Gasteiger partial charge in [-0.25, -0.2) is 4.79 Å². The number of aliphatic hydroxyl groups is 7. The molecule has 0 spiro atoms. The summed E-state index contributed by atoms with van der Waals surface area (Å²) in [7, 11) is 0. The number of amides is 3. The maximum Gasteiger partial charge on any atom is 0.364 e. The van der Waals surface area contributed by atoms with E-state index in [9.17, 15) is 60.0 Å². The predicted molar refractivity (Wildman–Crippen MR) is 280 cm³/mol. The quantitative estimate of drug-likeness (QED) is 0.0266. The Balaban J connectivity index is 2.21. The number of rotatable bonds is 43. The van der Waals surface area contributed by atoms with Crippen LogP contribution < -0.4 is 16.0 Å². The number of carbonyl (C=O) groups excluding carboxylic acids is 3. The van der Waals surface area contributed by atoms with E-state index in [-0.39, 0.29) is 12.3 Å². The van der Waals surface area contributed by atoms with Crippen LogP contribution in [0, 0.1) is 0 Å². The lowest BCUT2D eigenvalue weighted by atomic mass is 9.88. The number of ether oxygens (including phenoxy) is 4. The Kier molecular flexibility index (Phi) is 35.9. The van der Waals surface area contributed by atoms with Gasteiger partial charge in [-0.15, -0.1) is 0 Å². The van der Waals surface area contributed by atoms with E-state index in [1.165, 1.54) is 116 Å². The van der Waals surface area contributed by atoms with Gasteiger partial charge in [-0.3, -0.25) is 14.4 Å². The number of hydrogen-bond donors (Lipinski definition) is 11. The van der Waals surface area contributed by atoms with Crippen molar-refractivity contribution in [2.75, 3.05) is 19.8 Å². The van der Waals surface area contributed by atoms with E-state index in [1.54, 1.807) is 6.08 Å². The minimum atomic E-state index is -2.96. The second-order valence-electron chi connectivity index (χ2n) is 20.9. The molecular formula is C55H101N3O16. The lowest BCUT2D eigenvalue weighted by Crippen LogP contribution is -2.72. The third-order valence-electron chi connectivity index (χ3n) is 14.3. The summed E-state index contributed by atoms with van der Waals surface area (Å²) in [6.07, 6.45) is 18.3. The van der Waals surface area contributed by atoms with Gasteiger partial charge >= 0.3 is 5.97 Å². The third kappa shape index (κ3) is 26.0. The van der Waals surface area contributed by atoms with Gasteiger partial charge in [0.2, 0.25) is 17.7 Å². The number of carboxylic acids is 1. The molecule has 0 aromatic heterocycles. The number of allylic oxidation sites excluding steroid dienone is 1. The van der Waals surface area contributed by atoms with Crippen molar-refractivity contribution in [3.63, 3.8) is 0 Å². The molecular weight excluding hydrogens is 959 g/mol. The van der Waals surface area contributed by atoms with Gasteiger partial charge < -0.3 is 75.8 Å². The molecule has 2 saturated heterocycles. The smallest absolute Gasteiger partial charge is 0.364 e. The first-order valence-corrected chi connectivity index (χ1v) is 28.5. The van der Waals surface area contributed by atoms with E-state index in [2.05, 4.69) is 29.8 Å². The standard InChI is InChI=1S/C55H101N3O16/c1-5-7-9-11-13-15-17-19-20-22-24-26-28-30-32-34-46(66)58-41(42(63)33-31-29-27-25-23-21-18-16-14-12-10-8-6-2)38-71-53-48(57-40(4)62)52(50(68)45(37-60)72-53)74-55(54(69)70)35-43(64)47(56-39(3)61)51(73-55)49(67)44(65)36-59/h31,33,41-45,47-53,59-60,63-65,67-68H,5-30,32,34-38H2,1-4H3,(H,56,61)(H,57,62)(H,58,66)(H,69,70)/b33-31+/t41-,42+,43-,44+,45+,47+,48+,49+,50-,51+,52+,53-,55-/m0/s1. The average Bonchev–Trinajstić information content (AvgIpc) is 3.36. The molecule has 2 fully saturated rings. The molecule has 19 heteroatoms. The first-order chi connectivity index (χ1) is 35.5.